The van der Waals surface area contributed by atoms with Gasteiger partial charge in [0.25, 0.3) is 0 Å². The van der Waals surface area contributed by atoms with Gasteiger partial charge >= 0.3 is 14.4 Å². The summed E-state index contributed by atoms with van der Waals surface area (Å²) in [6.07, 6.45) is -1.61. The Morgan fingerprint density at radius 1 is 0.692 bits per heavy atom. The molecule has 0 aliphatic carbocycles. The van der Waals surface area contributed by atoms with Crippen LogP contribution in [0.3, 0.4) is 0 Å². The second-order valence-corrected chi connectivity index (χ2v) is 9.22. The molecule has 3 aromatic carbocycles. The molecule has 0 spiro atoms. The molecule has 1 nitrogen and oxygen atoms in total. The van der Waals surface area contributed by atoms with E-state index in [0.717, 1.165) is 15.6 Å². The summed E-state index contributed by atoms with van der Waals surface area (Å²) in [5, 5.41) is 2.80. The Kier molecular flexibility index (Phi) is 5.64. The second-order valence-electron chi connectivity index (χ2n) is 5.92. The molecule has 3 rings (SSSR count). The monoisotopic (exact) mass is 366 g/mol. The molecule has 0 N–H and O–H groups in total. The molecular weight excluding hydrogens is 346 g/mol. The molecule has 0 fully saturated rings. The average molecular weight is 366 g/mol. The normalized spacial score (nSPS) is 11.0. The van der Waals surface area contributed by atoms with E-state index < -0.39 is 14.4 Å². The quantitative estimate of drug-likeness (QED) is 0.361. The first-order valence-electron chi connectivity index (χ1n) is 8.58. The van der Waals surface area contributed by atoms with E-state index in [0.29, 0.717) is 0 Å². The zero-order chi connectivity index (χ0) is 18.4. The Bertz CT molecular complexity index is 764. The Balaban J connectivity index is 2.33. The molecule has 4 heteroatoms. The standard InChI is InChI=1S/C22H20F2OSi/c1-2-21(22(23)24)25-26(18-12-6-3-7-13-18,19-14-8-4-9-15-19)20-16-10-5-11-17-20/h3-17H,2H2,1H3. The highest BCUT2D eigenvalue weighted by Crippen LogP contribution is 2.20. The van der Waals surface area contributed by atoms with Crippen LogP contribution >= 0.6 is 0 Å². The highest BCUT2D eigenvalue weighted by atomic mass is 28.4. The van der Waals surface area contributed by atoms with E-state index in [1.54, 1.807) is 6.92 Å². The maximum Gasteiger partial charge on any atom is 0.346 e. The summed E-state index contributed by atoms with van der Waals surface area (Å²) in [6.45, 7) is 1.69. The van der Waals surface area contributed by atoms with Crippen LogP contribution in [0.15, 0.2) is 103 Å². The van der Waals surface area contributed by atoms with Crippen molar-refractivity contribution in [2.24, 2.45) is 0 Å². The van der Waals surface area contributed by atoms with Crippen LogP contribution in [-0.2, 0) is 4.43 Å². The van der Waals surface area contributed by atoms with Crippen molar-refractivity contribution in [3.8, 4) is 0 Å². The summed E-state index contributed by atoms with van der Waals surface area (Å²) in [4.78, 5) is 0. The molecule has 0 saturated heterocycles. The van der Waals surface area contributed by atoms with Gasteiger partial charge in [0.2, 0.25) is 0 Å². The van der Waals surface area contributed by atoms with Gasteiger partial charge in [0.05, 0.1) is 0 Å². The minimum atomic E-state index is -3.11. The van der Waals surface area contributed by atoms with Crippen LogP contribution < -0.4 is 15.6 Å². The molecule has 0 atom stereocenters. The number of benzene rings is 3. The number of allylic oxidation sites excluding steroid dienone is 1. The van der Waals surface area contributed by atoms with E-state index in [1.807, 2.05) is 91.0 Å². The third-order valence-corrected chi connectivity index (χ3v) is 8.34. The molecule has 132 valence electrons. The van der Waals surface area contributed by atoms with Crippen molar-refractivity contribution in [2.75, 3.05) is 0 Å². The van der Waals surface area contributed by atoms with Crippen molar-refractivity contribution in [2.45, 2.75) is 13.3 Å². The van der Waals surface area contributed by atoms with Gasteiger partial charge in [0, 0.05) is 6.42 Å². The van der Waals surface area contributed by atoms with Crippen molar-refractivity contribution in [1.29, 1.82) is 0 Å². The maximum atomic E-state index is 13.6. The SMILES string of the molecule is CCC(O[Si](c1ccccc1)(c1ccccc1)c1ccccc1)=C(F)F. The van der Waals surface area contributed by atoms with Gasteiger partial charge in [-0.15, -0.1) is 0 Å². The number of hydrogen-bond donors (Lipinski definition) is 0. The molecule has 0 unspecified atom stereocenters. The zero-order valence-electron chi connectivity index (χ0n) is 14.5. The lowest BCUT2D eigenvalue weighted by molar-refractivity contribution is 0.321. The van der Waals surface area contributed by atoms with Gasteiger partial charge in [-0.05, 0) is 15.6 Å². The lowest BCUT2D eigenvalue weighted by atomic mass is 10.3. The topological polar surface area (TPSA) is 9.23 Å². The van der Waals surface area contributed by atoms with E-state index in [4.69, 9.17) is 4.43 Å². The van der Waals surface area contributed by atoms with Gasteiger partial charge in [-0.1, -0.05) is 97.9 Å². The minimum Gasteiger partial charge on any atom is -0.530 e. The van der Waals surface area contributed by atoms with Gasteiger partial charge in [-0.2, -0.15) is 8.78 Å². The van der Waals surface area contributed by atoms with Crippen LogP contribution in [0, 0.1) is 0 Å². The lowest BCUT2D eigenvalue weighted by Crippen LogP contribution is -2.69. The van der Waals surface area contributed by atoms with Gasteiger partial charge in [0.15, 0.2) is 0 Å². The first-order valence-corrected chi connectivity index (χ1v) is 10.5. The lowest BCUT2D eigenvalue weighted by Gasteiger charge is -2.34. The highest BCUT2D eigenvalue weighted by molar-refractivity contribution is 7.07. The maximum absolute atomic E-state index is 13.6. The molecule has 0 amide bonds. The Labute approximate surface area is 153 Å². The van der Waals surface area contributed by atoms with E-state index >= 15 is 0 Å². The predicted octanol–water partition coefficient (Wildman–Crippen LogP) is 4.19. The summed E-state index contributed by atoms with van der Waals surface area (Å²) >= 11 is 0. The molecule has 0 aromatic heterocycles. The third kappa shape index (κ3) is 3.46. The minimum absolute atomic E-state index is 0.142. The summed E-state index contributed by atoms with van der Waals surface area (Å²) in [6, 6.07) is 29.1. The fourth-order valence-electron chi connectivity index (χ4n) is 3.12. The first-order chi connectivity index (χ1) is 12.7. The molecule has 3 aromatic rings. The van der Waals surface area contributed by atoms with Crippen LogP contribution in [0.5, 0.6) is 0 Å². The van der Waals surface area contributed by atoms with Crippen molar-refractivity contribution >= 4 is 23.9 Å². The molecule has 0 aliphatic heterocycles. The van der Waals surface area contributed by atoms with Gasteiger partial charge in [-0.3, -0.25) is 0 Å². The number of hydrogen-bond acceptors (Lipinski definition) is 1. The summed E-state index contributed by atoms with van der Waals surface area (Å²) in [5.41, 5.74) is 0. The molecule has 0 bridgehead atoms. The molecule has 0 saturated carbocycles. The van der Waals surface area contributed by atoms with Gasteiger partial charge in [0.1, 0.15) is 5.76 Å². The molecule has 0 aliphatic rings. The first kappa shape index (κ1) is 18.1. The average Bonchev–Trinajstić information content (AvgIpc) is 2.71. The fraction of sp³-hybridized carbons (Fsp3) is 0.0909. The van der Waals surface area contributed by atoms with Crippen LogP contribution in [0.25, 0.3) is 0 Å². The zero-order valence-corrected chi connectivity index (χ0v) is 15.5. The number of rotatable bonds is 6. The van der Waals surface area contributed by atoms with E-state index in [9.17, 15) is 8.78 Å². The van der Waals surface area contributed by atoms with Gasteiger partial charge < -0.3 is 4.43 Å². The Morgan fingerprint density at radius 2 is 1.04 bits per heavy atom. The van der Waals surface area contributed by atoms with Crippen molar-refractivity contribution < 1.29 is 13.2 Å². The molecule has 0 heterocycles. The Hall–Kier alpha value is -2.72. The van der Waals surface area contributed by atoms with Crippen molar-refractivity contribution in [3.05, 3.63) is 103 Å². The summed E-state index contributed by atoms with van der Waals surface area (Å²) in [5.74, 6) is -0.242. The molecule has 26 heavy (non-hydrogen) atoms. The summed E-state index contributed by atoms with van der Waals surface area (Å²) in [7, 11) is -3.11. The number of halogens is 2. The van der Waals surface area contributed by atoms with E-state index in [-0.39, 0.29) is 12.2 Å². The fourth-order valence-corrected chi connectivity index (χ4v) is 7.05. The van der Waals surface area contributed by atoms with Gasteiger partial charge in [-0.25, -0.2) is 0 Å². The van der Waals surface area contributed by atoms with E-state index in [1.165, 1.54) is 0 Å². The van der Waals surface area contributed by atoms with Crippen LogP contribution in [0.4, 0.5) is 8.78 Å². The largest absolute Gasteiger partial charge is 0.530 e. The summed E-state index contributed by atoms with van der Waals surface area (Å²) < 4.78 is 33.4. The molecule has 0 radical (unpaired) electrons. The third-order valence-electron chi connectivity index (χ3n) is 4.35. The van der Waals surface area contributed by atoms with Crippen LogP contribution in [0.2, 0.25) is 0 Å². The smallest absolute Gasteiger partial charge is 0.346 e. The van der Waals surface area contributed by atoms with Crippen molar-refractivity contribution in [1.82, 2.24) is 0 Å². The van der Waals surface area contributed by atoms with Crippen molar-refractivity contribution in [3.63, 3.8) is 0 Å². The second kappa shape index (κ2) is 8.10. The predicted molar refractivity (Wildman–Crippen MR) is 105 cm³/mol. The van der Waals surface area contributed by atoms with Crippen LogP contribution in [0.1, 0.15) is 13.3 Å². The van der Waals surface area contributed by atoms with Crippen LogP contribution in [-0.4, -0.2) is 8.32 Å². The Morgan fingerprint density at radius 3 is 1.31 bits per heavy atom. The molecular formula is C22H20F2OSi. The van der Waals surface area contributed by atoms with E-state index in [2.05, 4.69) is 0 Å². The highest BCUT2D eigenvalue weighted by Gasteiger charge is 2.44.